The molecule has 6 amide bonds. The number of carbonyl (C=O) groups is 4. The molecule has 1 aromatic carbocycles. The van der Waals surface area contributed by atoms with Crippen LogP contribution >= 0.6 is 21.6 Å². The van der Waals surface area contributed by atoms with E-state index in [1.165, 1.54) is 21.6 Å². The monoisotopic (exact) mass is 440 g/mol. The molecule has 0 unspecified atom stereocenters. The molecule has 0 aromatic heterocycles. The van der Waals surface area contributed by atoms with Crippen molar-refractivity contribution in [3.05, 3.63) is 35.9 Å². The number of urea groups is 2. The van der Waals surface area contributed by atoms with Crippen LogP contribution in [-0.2, 0) is 4.79 Å². The van der Waals surface area contributed by atoms with Crippen LogP contribution in [0.1, 0.15) is 43.0 Å². The largest absolute Gasteiger partial charge is 0.338 e. The van der Waals surface area contributed by atoms with Crippen LogP contribution in [0.25, 0.3) is 0 Å². The lowest BCUT2D eigenvalue weighted by atomic mass is 10.2. The van der Waals surface area contributed by atoms with Crippen molar-refractivity contribution < 1.29 is 19.2 Å². The van der Waals surface area contributed by atoms with Gasteiger partial charge in [0.15, 0.2) is 0 Å². The normalized spacial score (nSPS) is 10.1. The molecule has 10 heteroatoms. The predicted molar refractivity (Wildman–Crippen MR) is 118 cm³/mol. The summed E-state index contributed by atoms with van der Waals surface area (Å²) < 4.78 is 0. The maximum Gasteiger partial charge on any atom is 0.321 e. The minimum atomic E-state index is -0.571. The third-order valence-corrected chi connectivity index (χ3v) is 5.85. The molecule has 1 aromatic rings. The van der Waals surface area contributed by atoms with Crippen molar-refractivity contribution in [2.75, 3.05) is 24.6 Å². The van der Waals surface area contributed by atoms with Crippen LogP contribution in [0.15, 0.2) is 30.3 Å². The van der Waals surface area contributed by atoms with Gasteiger partial charge in [0.25, 0.3) is 5.91 Å². The van der Waals surface area contributed by atoms with Gasteiger partial charge in [-0.1, -0.05) is 66.0 Å². The van der Waals surface area contributed by atoms with Crippen LogP contribution in [-0.4, -0.2) is 48.5 Å². The minimum Gasteiger partial charge on any atom is -0.338 e. The minimum absolute atomic E-state index is 0.132. The Kier molecular flexibility index (Phi) is 13.4. The van der Waals surface area contributed by atoms with E-state index in [0.717, 1.165) is 25.7 Å². The Morgan fingerprint density at radius 1 is 0.828 bits per heavy atom. The number of rotatable bonds is 12. The highest BCUT2D eigenvalue weighted by Gasteiger charge is 2.09. The van der Waals surface area contributed by atoms with Crippen LogP contribution in [0.4, 0.5) is 9.59 Å². The number of amides is 6. The lowest BCUT2D eigenvalue weighted by molar-refractivity contribution is -0.117. The van der Waals surface area contributed by atoms with Gasteiger partial charge in [0.1, 0.15) is 0 Å². The van der Waals surface area contributed by atoms with Crippen molar-refractivity contribution in [3.8, 4) is 0 Å². The molecule has 0 saturated carbocycles. The summed E-state index contributed by atoms with van der Waals surface area (Å²) in [6, 6.07) is 7.41. The molecule has 160 valence electrons. The van der Waals surface area contributed by atoms with Gasteiger partial charge in [0.2, 0.25) is 5.91 Å². The van der Waals surface area contributed by atoms with Crippen molar-refractivity contribution in [1.29, 1.82) is 0 Å². The second kappa shape index (κ2) is 15.7. The smallest absolute Gasteiger partial charge is 0.321 e. The van der Waals surface area contributed by atoms with Gasteiger partial charge in [0, 0.05) is 24.4 Å². The fourth-order valence-corrected chi connectivity index (χ4v) is 3.87. The molecule has 0 saturated heterocycles. The van der Waals surface area contributed by atoms with E-state index in [1.807, 2.05) is 0 Å². The number of benzene rings is 1. The molecule has 29 heavy (non-hydrogen) atoms. The first-order chi connectivity index (χ1) is 14.0. The van der Waals surface area contributed by atoms with Crippen molar-refractivity contribution in [2.45, 2.75) is 32.6 Å². The van der Waals surface area contributed by atoms with Gasteiger partial charge in [-0.15, -0.1) is 0 Å². The van der Waals surface area contributed by atoms with Gasteiger partial charge < -0.3 is 10.6 Å². The van der Waals surface area contributed by atoms with Crippen LogP contribution in [0.3, 0.4) is 0 Å². The first-order valence-electron chi connectivity index (χ1n) is 9.49. The SMILES string of the molecule is CCCCCCNC(=O)NC(=O)CSSCCNC(=O)NC(=O)c1ccccc1. The number of nitrogens with one attached hydrogen (secondary N) is 4. The van der Waals surface area contributed by atoms with Gasteiger partial charge in [-0.25, -0.2) is 9.59 Å². The van der Waals surface area contributed by atoms with E-state index in [9.17, 15) is 19.2 Å². The maximum absolute atomic E-state index is 11.8. The molecule has 0 aliphatic carbocycles. The molecule has 0 aliphatic heterocycles. The Morgan fingerprint density at radius 3 is 2.24 bits per heavy atom. The number of imide groups is 2. The summed E-state index contributed by atoms with van der Waals surface area (Å²) in [4.78, 5) is 46.7. The summed E-state index contributed by atoms with van der Waals surface area (Å²) in [7, 11) is 2.68. The van der Waals surface area contributed by atoms with E-state index in [4.69, 9.17) is 0 Å². The quantitative estimate of drug-likeness (QED) is 0.293. The number of carbonyl (C=O) groups excluding carboxylic acids is 4. The van der Waals surface area contributed by atoms with E-state index < -0.39 is 18.0 Å². The first-order valence-corrected chi connectivity index (χ1v) is 12.0. The van der Waals surface area contributed by atoms with Crippen LogP contribution in [0, 0.1) is 0 Å². The standard InChI is InChI=1S/C19H28N4O4S2/c1-2-3-4-8-11-20-18(26)22-16(24)14-29-28-13-12-21-19(27)23-17(25)15-9-6-5-7-10-15/h5-7,9-10H,2-4,8,11-14H2,1H3,(H2,20,22,24,26)(H2,21,23,25,27). The lowest BCUT2D eigenvalue weighted by Gasteiger charge is -2.07. The summed E-state index contributed by atoms with van der Waals surface area (Å²) in [5, 5.41) is 9.74. The molecule has 0 radical (unpaired) electrons. The lowest BCUT2D eigenvalue weighted by Crippen LogP contribution is -2.40. The third kappa shape index (κ3) is 12.8. The summed E-state index contributed by atoms with van der Waals surface area (Å²) in [5.41, 5.74) is 0.406. The zero-order chi connectivity index (χ0) is 21.3. The topological polar surface area (TPSA) is 116 Å². The maximum atomic E-state index is 11.8. The second-order valence-corrected chi connectivity index (χ2v) is 8.61. The van der Waals surface area contributed by atoms with Crippen molar-refractivity contribution in [1.82, 2.24) is 21.3 Å². The van der Waals surface area contributed by atoms with Crippen LogP contribution in [0.5, 0.6) is 0 Å². The summed E-state index contributed by atoms with van der Waals surface area (Å²) >= 11 is 0. The molecule has 1 rings (SSSR count). The summed E-state index contributed by atoms with van der Waals surface area (Å²) in [5.74, 6) is -0.153. The molecule has 0 spiro atoms. The van der Waals surface area contributed by atoms with E-state index >= 15 is 0 Å². The van der Waals surface area contributed by atoms with Gasteiger partial charge >= 0.3 is 12.1 Å². The molecular formula is C19H28N4O4S2. The molecule has 8 nitrogen and oxygen atoms in total. The summed E-state index contributed by atoms with van der Waals surface area (Å²) in [6.45, 7) is 3.01. The van der Waals surface area contributed by atoms with E-state index in [2.05, 4.69) is 28.2 Å². The molecule has 0 bridgehead atoms. The third-order valence-electron chi connectivity index (χ3n) is 3.58. The molecule has 4 N–H and O–H groups in total. The zero-order valence-electron chi connectivity index (χ0n) is 16.5. The Morgan fingerprint density at radius 2 is 1.52 bits per heavy atom. The highest BCUT2D eigenvalue weighted by molar-refractivity contribution is 8.76. The molecule has 0 aliphatic rings. The highest BCUT2D eigenvalue weighted by Crippen LogP contribution is 2.19. The van der Waals surface area contributed by atoms with E-state index in [1.54, 1.807) is 30.3 Å². The first kappa shape index (κ1) is 24.8. The summed E-state index contributed by atoms with van der Waals surface area (Å²) in [6.07, 6.45) is 4.22. The fraction of sp³-hybridized carbons (Fsp3) is 0.474. The Hall–Kier alpha value is -2.20. The van der Waals surface area contributed by atoms with Gasteiger partial charge in [0.05, 0.1) is 5.75 Å². The van der Waals surface area contributed by atoms with Crippen LogP contribution in [0.2, 0.25) is 0 Å². The molecule has 0 atom stereocenters. The van der Waals surface area contributed by atoms with Crippen molar-refractivity contribution in [2.24, 2.45) is 0 Å². The van der Waals surface area contributed by atoms with Crippen molar-refractivity contribution in [3.63, 3.8) is 0 Å². The van der Waals surface area contributed by atoms with Crippen LogP contribution < -0.4 is 21.3 Å². The van der Waals surface area contributed by atoms with E-state index in [-0.39, 0.29) is 11.7 Å². The highest BCUT2D eigenvalue weighted by atomic mass is 33.1. The number of hydrogen-bond donors (Lipinski definition) is 4. The fourth-order valence-electron chi connectivity index (χ4n) is 2.13. The average Bonchev–Trinajstić information content (AvgIpc) is 2.71. The number of hydrogen-bond acceptors (Lipinski definition) is 6. The van der Waals surface area contributed by atoms with E-state index in [0.29, 0.717) is 24.4 Å². The molecular weight excluding hydrogens is 412 g/mol. The van der Waals surface area contributed by atoms with Gasteiger partial charge in [-0.2, -0.15) is 0 Å². The van der Waals surface area contributed by atoms with Gasteiger partial charge in [-0.3, -0.25) is 20.2 Å². The van der Waals surface area contributed by atoms with Gasteiger partial charge in [-0.05, 0) is 18.6 Å². The van der Waals surface area contributed by atoms with Crippen molar-refractivity contribution >= 4 is 45.5 Å². The molecule has 0 fully saturated rings. The zero-order valence-corrected chi connectivity index (χ0v) is 18.1. The Labute approximate surface area is 179 Å². The Bertz CT molecular complexity index is 659. The number of unbranched alkanes of at least 4 members (excludes halogenated alkanes) is 3. The second-order valence-electron chi connectivity index (χ2n) is 6.02. The molecule has 0 heterocycles. The Balaban J connectivity index is 2.01. The predicted octanol–water partition coefficient (Wildman–Crippen LogP) is 2.91. The average molecular weight is 441 g/mol.